The van der Waals surface area contributed by atoms with E-state index >= 15 is 0 Å². The molecular weight excluding hydrogens is 241 g/mol. The molecule has 2 N–H and O–H groups in total. The van der Waals surface area contributed by atoms with Crippen LogP contribution in [0.15, 0.2) is 24.3 Å². The molecule has 88 valence electrons. The van der Waals surface area contributed by atoms with Gasteiger partial charge >= 0.3 is 0 Å². The minimum atomic E-state index is -0.307. The summed E-state index contributed by atoms with van der Waals surface area (Å²) in [6.07, 6.45) is 0.675. The van der Waals surface area contributed by atoms with Crippen molar-refractivity contribution in [3.8, 4) is 11.4 Å². The van der Waals surface area contributed by atoms with Crippen molar-refractivity contribution in [1.82, 2.24) is 9.97 Å². The lowest BCUT2D eigenvalue weighted by Gasteiger charge is -2.07. The highest BCUT2D eigenvalue weighted by Gasteiger charge is 2.10. The molecule has 1 heterocycles. The van der Waals surface area contributed by atoms with Crippen molar-refractivity contribution in [2.24, 2.45) is 0 Å². The summed E-state index contributed by atoms with van der Waals surface area (Å²) in [5, 5.41) is 0.347. The summed E-state index contributed by atoms with van der Waals surface area (Å²) >= 11 is 6.01. The summed E-state index contributed by atoms with van der Waals surface area (Å²) in [5.41, 5.74) is 7.21. The third kappa shape index (κ3) is 2.36. The standard InChI is InChI=1S/C12H11ClFN3/c1-2-9-10(13)16-12(17-11(9)15)7-3-5-8(14)6-4-7/h3-6H,2H2,1H3,(H2,15,16,17). The van der Waals surface area contributed by atoms with Gasteiger partial charge in [0, 0.05) is 11.1 Å². The molecule has 1 aromatic heterocycles. The molecule has 3 nitrogen and oxygen atoms in total. The van der Waals surface area contributed by atoms with E-state index in [0.29, 0.717) is 28.8 Å². The molecule has 0 unspecified atom stereocenters. The molecule has 2 rings (SSSR count). The highest BCUT2D eigenvalue weighted by molar-refractivity contribution is 6.30. The number of aromatic nitrogens is 2. The van der Waals surface area contributed by atoms with Gasteiger partial charge in [-0.15, -0.1) is 0 Å². The number of nitrogens with two attached hydrogens (primary N) is 1. The largest absolute Gasteiger partial charge is 0.383 e. The fraction of sp³-hybridized carbons (Fsp3) is 0.167. The van der Waals surface area contributed by atoms with E-state index < -0.39 is 0 Å². The number of hydrogen-bond donors (Lipinski definition) is 1. The Morgan fingerprint density at radius 2 is 1.88 bits per heavy atom. The molecule has 0 amide bonds. The lowest BCUT2D eigenvalue weighted by molar-refractivity contribution is 0.628. The maximum absolute atomic E-state index is 12.8. The molecule has 0 fully saturated rings. The van der Waals surface area contributed by atoms with Gasteiger partial charge in [0.05, 0.1) is 0 Å². The number of hydrogen-bond acceptors (Lipinski definition) is 3. The minimum Gasteiger partial charge on any atom is -0.383 e. The van der Waals surface area contributed by atoms with Gasteiger partial charge in [-0.1, -0.05) is 18.5 Å². The Labute approximate surface area is 103 Å². The summed E-state index contributed by atoms with van der Waals surface area (Å²) in [6.45, 7) is 1.93. The predicted molar refractivity (Wildman–Crippen MR) is 66.2 cm³/mol. The zero-order chi connectivity index (χ0) is 12.4. The van der Waals surface area contributed by atoms with Crippen LogP contribution in [0.3, 0.4) is 0 Å². The van der Waals surface area contributed by atoms with Gasteiger partial charge in [-0.05, 0) is 30.7 Å². The average Bonchev–Trinajstić information content (AvgIpc) is 2.29. The summed E-state index contributed by atoms with van der Waals surface area (Å²) in [5.74, 6) is 0.467. The highest BCUT2D eigenvalue weighted by Crippen LogP contribution is 2.24. The van der Waals surface area contributed by atoms with Crippen LogP contribution in [-0.4, -0.2) is 9.97 Å². The topological polar surface area (TPSA) is 51.8 Å². The van der Waals surface area contributed by atoms with E-state index in [-0.39, 0.29) is 5.82 Å². The molecule has 1 aromatic carbocycles. The lowest BCUT2D eigenvalue weighted by Crippen LogP contribution is -2.02. The highest BCUT2D eigenvalue weighted by atomic mass is 35.5. The Bertz CT molecular complexity index is 517. The van der Waals surface area contributed by atoms with Crippen molar-refractivity contribution < 1.29 is 4.39 Å². The molecule has 0 radical (unpaired) electrons. The van der Waals surface area contributed by atoms with Gasteiger partial charge in [-0.3, -0.25) is 0 Å². The average molecular weight is 252 g/mol. The molecule has 0 bridgehead atoms. The fourth-order valence-electron chi connectivity index (χ4n) is 1.53. The number of halogens is 2. The van der Waals surface area contributed by atoms with Crippen LogP contribution in [0.25, 0.3) is 11.4 Å². The van der Waals surface area contributed by atoms with Crippen molar-refractivity contribution in [1.29, 1.82) is 0 Å². The van der Waals surface area contributed by atoms with E-state index in [9.17, 15) is 4.39 Å². The molecule has 0 spiro atoms. The molecule has 0 aliphatic carbocycles. The Kier molecular flexibility index (Phi) is 3.24. The van der Waals surface area contributed by atoms with Crippen molar-refractivity contribution in [2.75, 3.05) is 5.73 Å². The summed E-state index contributed by atoms with van der Waals surface area (Å²) in [7, 11) is 0. The van der Waals surface area contributed by atoms with Crippen LogP contribution >= 0.6 is 11.6 Å². The van der Waals surface area contributed by atoms with Gasteiger partial charge in [0.25, 0.3) is 0 Å². The molecule has 5 heteroatoms. The van der Waals surface area contributed by atoms with Crippen LogP contribution in [0.1, 0.15) is 12.5 Å². The van der Waals surface area contributed by atoms with E-state index in [1.54, 1.807) is 12.1 Å². The van der Waals surface area contributed by atoms with Gasteiger partial charge in [-0.25, -0.2) is 14.4 Å². The predicted octanol–water partition coefficient (Wildman–Crippen LogP) is 3.08. The van der Waals surface area contributed by atoms with Crippen LogP contribution < -0.4 is 5.73 Å². The number of nitrogen functional groups attached to an aromatic ring is 1. The van der Waals surface area contributed by atoms with Gasteiger partial charge in [0.2, 0.25) is 0 Å². The molecule has 17 heavy (non-hydrogen) atoms. The Morgan fingerprint density at radius 3 is 2.41 bits per heavy atom. The molecule has 0 saturated carbocycles. The molecular formula is C12H11ClFN3. The Hall–Kier alpha value is -1.68. The van der Waals surface area contributed by atoms with E-state index in [1.165, 1.54) is 12.1 Å². The SMILES string of the molecule is CCc1c(N)nc(-c2ccc(F)cc2)nc1Cl. The van der Waals surface area contributed by atoms with Crippen molar-refractivity contribution >= 4 is 17.4 Å². The smallest absolute Gasteiger partial charge is 0.163 e. The number of anilines is 1. The first-order chi connectivity index (χ1) is 8.11. The molecule has 0 atom stereocenters. The number of nitrogens with zero attached hydrogens (tertiary/aromatic N) is 2. The van der Waals surface area contributed by atoms with Crippen LogP contribution in [0.2, 0.25) is 5.15 Å². The lowest BCUT2D eigenvalue weighted by atomic mass is 10.2. The maximum Gasteiger partial charge on any atom is 0.163 e. The van der Waals surface area contributed by atoms with Crippen LogP contribution in [0, 0.1) is 5.82 Å². The van der Waals surface area contributed by atoms with Gasteiger partial charge in [0.1, 0.15) is 16.8 Å². The van der Waals surface area contributed by atoms with Gasteiger partial charge in [0.15, 0.2) is 5.82 Å². The normalized spacial score (nSPS) is 10.5. The summed E-state index contributed by atoms with van der Waals surface area (Å²) in [6, 6.07) is 5.87. The second-order valence-electron chi connectivity index (χ2n) is 3.56. The first-order valence-electron chi connectivity index (χ1n) is 5.19. The summed E-state index contributed by atoms with van der Waals surface area (Å²) < 4.78 is 12.8. The van der Waals surface area contributed by atoms with Crippen LogP contribution in [0.4, 0.5) is 10.2 Å². The fourth-order valence-corrected chi connectivity index (χ4v) is 1.84. The quantitative estimate of drug-likeness (QED) is 0.835. The van der Waals surface area contributed by atoms with Crippen LogP contribution in [-0.2, 0) is 6.42 Å². The van der Waals surface area contributed by atoms with E-state index in [4.69, 9.17) is 17.3 Å². The van der Waals surface area contributed by atoms with Crippen molar-refractivity contribution in [2.45, 2.75) is 13.3 Å². The minimum absolute atomic E-state index is 0.307. The second kappa shape index (κ2) is 4.67. The third-order valence-electron chi connectivity index (χ3n) is 2.44. The first-order valence-corrected chi connectivity index (χ1v) is 5.57. The third-order valence-corrected chi connectivity index (χ3v) is 2.76. The molecule has 2 aromatic rings. The Morgan fingerprint density at radius 1 is 1.24 bits per heavy atom. The van der Waals surface area contributed by atoms with Crippen molar-refractivity contribution in [3.63, 3.8) is 0 Å². The number of benzene rings is 1. The van der Waals surface area contributed by atoms with E-state index in [2.05, 4.69) is 9.97 Å². The summed E-state index contributed by atoms with van der Waals surface area (Å²) in [4.78, 5) is 8.32. The van der Waals surface area contributed by atoms with Crippen molar-refractivity contribution in [3.05, 3.63) is 40.8 Å². The second-order valence-corrected chi connectivity index (χ2v) is 3.92. The van der Waals surface area contributed by atoms with E-state index in [1.807, 2.05) is 6.92 Å². The first kappa shape index (κ1) is 11.8. The molecule has 0 aliphatic rings. The Balaban J connectivity index is 2.50. The molecule has 0 aliphatic heterocycles. The zero-order valence-electron chi connectivity index (χ0n) is 9.24. The number of rotatable bonds is 2. The van der Waals surface area contributed by atoms with Crippen LogP contribution in [0.5, 0.6) is 0 Å². The van der Waals surface area contributed by atoms with Gasteiger partial charge in [-0.2, -0.15) is 0 Å². The maximum atomic E-state index is 12.8. The molecule has 0 saturated heterocycles. The van der Waals surface area contributed by atoms with Gasteiger partial charge < -0.3 is 5.73 Å². The zero-order valence-corrected chi connectivity index (χ0v) is 10.0. The van der Waals surface area contributed by atoms with E-state index in [0.717, 1.165) is 5.56 Å². The monoisotopic (exact) mass is 251 g/mol.